The van der Waals surface area contributed by atoms with Crippen LogP contribution >= 0.6 is 12.2 Å². The lowest BCUT2D eigenvalue weighted by Gasteiger charge is -2.12. The van der Waals surface area contributed by atoms with Gasteiger partial charge in [0.1, 0.15) is 0 Å². The van der Waals surface area contributed by atoms with Gasteiger partial charge in [0.2, 0.25) is 0 Å². The van der Waals surface area contributed by atoms with Crippen molar-refractivity contribution in [3.05, 3.63) is 53.9 Å². The molecule has 0 aliphatic heterocycles. The second-order valence-electron chi connectivity index (χ2n) is 6.02. The topological polar surface area (TPSA) is 26.5 Å². The number of thiocarbonyl (C=S) groups is 1. The molecule has 4 heteroatoms. The number of hydrogen-bond donors (Lipinski definition) is 0. The average Bonchev–Trinajstić information content (AvgIpc) is 2.57. The van der Waals surface area contributed by atoms with Gasteiger partial charge < -0.3 is 9.30 Å². The Morgan fingerprint density at radius 2 is 1.57 bits per heavy atom. The maximum atomic E-state index is 5.59. The summed E-state index contributed by atoms with van der Waals surface area (Å²) in [5, 5.41) is 3.32. The van der Waals surface area contributed by atoms with E-state index in [1.54, 1.807) is 0 Å². The van der Waals surface area contributed by atoms with Gasteiger partial charge in [0.15, 0.2) is 0 Å². The highest BCUT2D eigenvalue weighted by molar-refractivity contribution is 7.80. The molecule has 0 radical (unpaired) electrons. The molecule has 0 bridgehead atoms. The van der Waals surface area contributed by atoms with Crippen LogP contribution in [0.2, 0.25) is 0 Å². The van der Waals surface area contributed by atoms with Gasteiger partial charge in [0.05, 0.1) is 23.0 Å². The summed E-state index contributed by atoms with van der Waals surface area (Å²) in [6, 6.07) is 16.5. The third-order valence-corrected chi connectivity index (χ3v) is 3.99. The van der Waals surface area contributed by atoms with E-state index in [1.807, 2.05) is 24.3 Å². The molecule has 0 aliphatic rings. The number of para-hydroxylation sites is 2. The SMILES string of the molecule is CC(C)COC(=S)N=c1c2ccccc2n(C)c2ccccc12. The highest BCUT2D eigenvalue weighted by Gasteiger charge is 2.07. The molecule has 3 nitrogen and oxygen atoms in total. The van der Waals surface area contributed by atoms with Crippen molar-refractivity contribution >= 4 is 39.2 Å². The lowest BCUT2D eigenvalue weighted by atomic mass is 10.1. The number of benzene rings is 2. The second kappa shape index (κ2) is 6.50. The Kier molecular flexibility index (Phi) is 4.44. The number of nitrogens with zero attached hydrogens (tertiary/aromatic N) is 2. The summed E-state index contributed by atoms with van der Waals surface area (Å²) in [6.07, 6.45) is 0. The van der Waals surface area contributed by atoms with Gasteiger partial charge in [-0.2, -0.15) is 0 Å². The molecule has 2 aromatic carbocycles. The summed E-state index contributed by atoms with van der Waals surface area (Å²) in [5.74, 6) is 0.421. The number of aryl methyl sites for hydroxylation is 1. The van der Waals surface area contributed by atoms with Crippen LogP contribution in [0.25, 0.3) is 21.8 Å². The first-order valence-corrected chi connectivity index (χ1v) is 8.16. The molecule has 0 saturated carbocycles. The Balaban J connectivity index is 2.28. The Hall–Kier alpha value is -2.20. The van der Waals surface area contributed by atoms with Gasteiger partial charge in [0, 0.05) is 17.8 Å². The standard InChI is InChI=1S/C19H20N2OS/c1-13(2)12-22-19(23)20-18-14-8-4-6-10-16(14)21(3)17-11-7-5-9-15(17)18/h4-11,13H,12H2,1-3H3. The van der Waals surface area contributed by atoms with Crippen molar-refractivity contribution in [1.29, 1.82) is 0 Å². The summed E-state index contributed by atoms with van der Waals surface area (Å²) in [4.78, 5) is 4.62. The lowest BCUT2D eigenvalue weighted by Crippen LogP contribution is -2.15. The number of hydrogen-bond acceptors (Lipinski definition) is 2. The van der Waals surface area contributed by atoms with Gasteiger partial charge in [-0.25, -0.2) is 4.99 Å². The third-order valence-electron chi connectivity index (χ3n) is 3.78. The van der Waals surface area contributed by atoms with Crippen molar-refractivity contribution in [3.63, 3.8) is 0 Å². The van der Waals surface area contributed by atoms with Crippen LogP contribution in [0.1, 0.15) is 13.8 Å². The maximum Gasteiger partial charge on any atom is 0.284 e. The van der Waals surface area contributed by atoms with Gasteiger partial charge in [-0.3, -0.25) is 0 Å². The fraction of sp³-hybridized carbons (Fsp3) is 0.263. The molecule has 118 valence electrons. The van der Waals surface area contributed by atoms with E-state index >= 15 is 0 Å². The predicted molar refractivity (Wildman–Crippen MR) is 99.4 cm³/mol. The number of fused-ring (bicyclic) bond motifs is 2. The summed E-state index contributed by atoms with van der Waals surface area (Å²) in [7, 11) is 2.07. The number of ether oxygens (including phenoxy) is 1. The van der Waals surface area contributed by atoms with Gasteiger partial charge in [0.25, 0.3) is 5.17 Å². The predicted octanol–water partition coefficient (Wildman–Crippen LogP) is 4.19. The van der Waals surface area contributed by atoms with E-state index in [4.69, 9.17) is 17.0 Å². The molecule has 1 aromatic heterocycles. The highest BCUT2D eigenvalue weighted by Crippen LogP contribution is 2.17. The first kappa shape index (κ1) is 15.7. The van der Waals surface area contributed by atoms with E-state index in [0.29, 0.717) is 17.7 Å². The fourth-order valence-corrected chi connectivity index (χ4v) is 2.85. The van der Waals surface area contributed by atoms with Crippen molar-refractivity contribution in [2.24, 2.45) is 18.0 Å². The van der Waals surface area contributed by atoms with Crippen LogP contribution in [0.15, 0.2) is 53.5 Å². The zero-order chi connectivity index (χ0) is 16.4. The minimum absolute atomic E-state index is 0.294. The van der Waals surface area contributed by atoms with E-state index in [1.165, 1.54) is 0 Å². The van der Waals surface area contributed by atoms with Crippen LogP contribution in [-0.2, 0) is 11.8 Å². The molecule has 23 heavy (non-hydrogen) atoms. The van der Waals surface area contributed by atoms with E-state index in [9.17, 15) is 0 Å². The Labute approximate surface area is 141 Å². The molecular weight excluding hydrogens is 304 g/mol. The summed E-state index contributed by atoms with van der Waals surface area (Å²) in [5.41, 5.74) is 2.24. The van der Waals surface area contributed by atoms with Crippen molar-refractivity contribution in [2.45, 2.75) is 13.8 Å². The largest absolute Gasteiger partial charge is 0.469 e. The van der Waals surface area contributed by atoms with Gasteiger partial charge in [-0.1, -0.05) is 50.2 Å². The van der Waals surface area contributed by atoms with Crippen LogP contribution in [0.5, 0.6) is 0 Å². The molecule has 0 fully saturated rings. The number of pyridine rings is 1. The summed E-state index contributed by atoms with van der Waals surface area (Å²) >= 11 is 5.32. The zero-order valence-corrected chi connectivity index (χ0v) is 14.4. The van der Waals surface area contributed by atoms with Crippen molar-refractivity contribution in [2.75, 3.05) is 6.61 Å². The Morgan fingerprint density at radius 1 is 1.04 bits per heavy atom. The van der Waals surface area contributed by atoms with Crippen molar-refractivity contribution < 1.29 is 4.74 Å². The number of rotatable bonds is 2. The summed E-state index contributed by atoms with van der Waals surface area (Å²) in [6.45, 7) is 4.77. The van der Waals surface area contributed by atoms with Crippen LogP contribution in [0.4, 0.5) is 0 Å². The maximum absolute atomic E-state index is 5.59. The van der Waals surface area contributed by atoms with Gasteiger partial charge in [-0.05, 0) is 30.3 Å². The van der Waals surface area contributed by atoms with Crippen molar-refractivity contribution in [3.8, 4) is 0 Å². The molecule has 0 aliphatic carbocycles. The molecule has 0 amide bonds. The Morgan fingerprint density at radius 3 is 2.09 bits per heavy atom. The molecular formula is C19H20N2OS. The minimum atomic E-state index is 0.294. The molecule has 0 unspecified atom stereocenters. The molecule has 0 atom stereocenters. The third kappa shape index (κ3) is 3.13. The van der Waals surface area contributed by atoms with Crippen LogP contribution in [0.3, 0.4) is 0 Å². The summed E-state index contributed by atoms with van der Waals surface area (Å²) < 4.78 is 7.78. The first-order valence-electron chi connectivity index (χ1n) is 7.76. The van der Waals surface area contributed by atoms with E-state index in [2.05, 4.69) is 54.7 Å². The quantitative estimate of drug-likeness (QED) is 0.522. The average molecular weight is 324 g/mol. The van der Waals surface area contributed by atoms with Gasteiger partial charge in [-0.15, -0.1) is 0 Å². The molecule has 0 N–H and O–H groups in total. The fourth-order valence-electron chi connectivity index (χ4n) is 2.69. The Bertz CT molecular complexity index is 881. The van der Waals surface area contributed by atoms with E-state index < -0.39 is 0 Å². The molecule has 0 spiro atoms. The van der Waals surface area contributed by atoms with Crippen molar-refractivity contribution in [1.82, 2.24) is 4.57 Å². The molecule has 1 heterocycles. The smallest absolute Gasteiger partial charge is 0.284 e. The molecule has 3 aromatic rings. The van der Waals surface area contributed by atoms with E-state index in [-0.39, 0.29) is 0 Å². The monoisotopic (exact) mass is 324 g/mol. The zero-order valence-electron chi connectivity index (χ0n) is 13.6. The normalized spacial score (nSPS) is 11.1. The van der Waals surface area contributed by atoms with Crippen LogP contribution < -0.4 is 5.36 Å². The molecule has 0 saturated heterocycles. The minimum Gasteiger partial charge on any atom is -0.469 e. The molecule has 3 rings (SSSR count). The van der Waals surface area contributed by atoms with E-state index in [0.717, 1.165) is 27.2 Å². The lowest BCUT2D eigenvalue weighted by molar-refractivity contribution is 0.261. The van der Waals surface area contributed by atoms with Crippen LogP contribution in [-0.4, -0.2) is 16.3 Å². The highest BCUT2D eigenvalue weighted by atomic mass is 32.1. The van der Waals surface area contributed by atoms with Crippen LogP contribution in [0, 0.1) is 5.92 Å². The second-order valence-corrected chi connectivity index (χ2v) is 6.37. The first-order chi connectivity index (χ1) is 11.1. The van der Waals surface area contributed by atoms with Gasteiger partial charge >= 0.3 is 0 Å². The number of aromatic nitrogens is 1.